The lowest BCUT2D eigenvalue weighted by molar-refractivity contribution is -0.137. The number of rotatable bonds is 8. The molecule has 1 N–H and O–H groups in total. The molecule has 0 fully saturated rings. The first kappa shape index (κ1) is 23.1. The summed E-state index contributed by atoms with van der Waals surface area (Å²) in [5, 5.41) is 2.99. The second-order valence-electron chi connectivity index (χ2n) is 5.87. The van der Waals surface area contributed by atoms with Crippen LogP contribution < -0.4 is 14.8 Å². The maximum absolute atomic E-state index is 13.0. The van der Waals surface area contributed by atoms with Crippen molar-refractivity contribution >= 4 is 34.8 Å². The lowest BCUT2D eigenvalue weighted by Crippen LogP contribution is -2.30. The fourth-order valence-electron chi connectivity index (χ4n) is 2.21. The van der Waals surface area contributed by atoms with Crippen LogP contribution in [-0.4, -0.2) is 32.3 Å². The number of hydrogen-bond acceptors (Lipinski definition) is 4. The number of nitrogens with one attached hydrogen (secondary N) is 1. The summed E-state index contributed by atoms with van der Waals surface area (Å²) in [6, 6.07) is 7.25. The normalized spacial score (nSPS) is 12.4. The topological polar surface area (TPSA) is 56.8 Å². The van der Waals surface area contributed by atoms with E-state index in [0.29, 0.717) is 5.02 Å². The Morgan fingerprint density at radius 2 is 1.79 bits per heavy atom. The number of amides is 1. The van der Waals surface area contributed by atoms with Crippen LogP contribution in [0.25, 0.3) is 0 Å². The van der Waals surface area contributed by atoms with E-state index >= 15 is 0 Å². The Labute approximate surface area is 175 Å². The van der Waals surface area contributed by atoms with Gasteiger partial charge in [-0.05, 0) is 43.3 Å². The van der Waals surface area contributed by atoms with Gasteiger partial charge in [0, 0.05) is 12.1 Å². The van der Waals surface area contributed by atoms with E-state index in [1.165, 1.54) is 32.2 Å². The highest BCUT2D eigenvalue weighted by atomic mass is 35.5. The maximum atomic E-state index is 13.0. The molecule has 0 heterocycles. The number of carbonyl (C=O) groups is 1. The molecule has 2 aromatic rings. The van der Waals surface area contributed by atoms with Crippen LogP contribution in [0.5, 0.6) is 11.5 Å². The van der Waals surface area contributed by atoms with Crippen molar-refractivity contribution in [1.82, 2.24) is 0 Å². The van der Waals surface area contributed by atoms with E-state index in [-0.39, 0.29) is 35.4 Å². The summed E-state index contributed by atoms with van der Waals surface area (Å²) >= 11 is 11.8. The van der Waals surface area contributed by atoms with Gasteiger partial charge in [-0.25, -0.2) is 0 Å². The average Bonchev–Trinajstić information content (AvgIpc) is 2.64. The SMILES string of the molecule is COCCOc1ccc(C(F)(F)F)cc1NC(=O)C(C)Oc1ccc(Cl)cc1Cl. The highest BCUT2D eigenvalue weighted by molar-refractivity contribution is 6.35. The number of halogens is 5. The Morgan fingerprint density at radius 3 is 2.41 bits per heavy atom. The number of benzene rings is 2. The van der Waals surface area contributed by atoms with E-state index in [2.05, 4.69) is 5.32 Å². The predicted octanol–water partition coefficient (Wildman–Crippen LogP) is 5.44. The summed E-state index contributed by atoms with van der Waals surface area (Å²) in [6.45, 7) is 1.75. The molecule has 29 heavy (non-hydrogen) atoms. The van der Waals surface area contributed by atoms with Crippen molar-refractivity contribution in [1.29, 1.82) is 0 Å². The molecule has 10 heteroatoms. The molecule has 0 saturated carbocycles. The van der Waals surface area contributed by atoms with E-state index in [1.807, 2.05) is 0 Å². The zero-order valence-corrected chi connectivity index (χ0v) is 17.0. The molecule has 0 saturated heterocycles. The van der Waals surface area contributed by atoms with Gasteiger partial charge in [-0.2, -0.15) is 13.2 Å². The van der Waals surface area contributed by atoms with Gasteiger partial charge in [0.2, 0.25) is 0 Å². The molecule has 0 aliphatic rings. The van der Waals surface area contributed by atoms with Crippen LogP contribution in [0.3, 0.4) is 0 Å². The predicted molar refractivity (Wildman–Crippen MR) is 104 cm³/mol. The van der Waals surface area contributed by atoms with Gasteiger partial charge in [-0.3, -0.25) is 4.79 Å². The van der Waals surface area contributed by atoms with Gasteiger partial charge in [-0.15, -0.1) is 0 Å². The van der Waals surface area contributed by atoms with Gasteiger partial charge in [-0.1, -0.05) is 23.2 Å². The first-order chi connectivity index (χ1) is 13.6. The zero-order chi connectivity index (χ0) is 21.6. The van der Waals surface area contributed by atoms with Gasteiger partial charge >= 0.3 is 6.18 Å². The molecule has 0 spiro atoms. The van der Waals surface area contributed by atoms with Gasteiger partial charge in [0.05, 0.1) is 22.9 Å². The number of methoxy groups -OCH3 is 1. The van der Waals surface area contributed by atoms with E-state index < -0.39 is 23.8 Å². The molecular formula is C19H18Cl2F3NO4. The zero-order valence-electron chi connectivity index (χ0n) is 15.5. The highest BCUT2D eigenvalue weighted by Crippen LogP contribution is 2.35. The summed E-state index contributed by atoms with van der Waals surface area (Å²) in [6.07, 6.45) is -5.64. The largest absolute Gasteiger partial charge is 0.489 e. The molecule has 5 nitrogen and oxygen atoms in total. The monoisotopic (exact) mass is 451 g/mol. The number of anilines is 1. The minimum Gasteiger partial charge on any atom is -0.489 e. The molecule has 1 amide bonds. The fourth-order valence-corrected chi connectivity index (χ4v) is 2.67. The number of hydrogen-bond donors (Lipinski definition) is 1. The maximum Gasteiger partial charge on any atom is 0.416 e. The Hall–Kier alpha value is -2.16. The quantitative estimate of drug-likeness (QED) is 0.542. The van der Waals surface area contributed by atoms with E-state index in [1.54, 1.807) is 0 Å². The summed E-state index contributed by atoms with van der Waals surface area (Å²) < 4.78 is 54.9. The number of alkyl halides is 3. The van der Waals surface area contributed by atoms with Gasteiger partial charge in [0.1, 0.15) is 18.1 Å². The number of carbonyl (C=O) groups excluding carboxylic acids is 1. The minimum atomic E-state index is -4.58. The smallest absolute Gasteiger partial charge is 0.416 e. The fraction of sp³-hybridized carbons (Fsp3) is 0.316. The van der Waals surface area contributed by atoms with Crippen LogP contribution in [0.15, 0.2) is 36.4 Å². The van der Waals surface area contributed by atoms with Crippen LogP contribution in [0.4, 0.5) is 18.9 Å². The van der Waals surface area contributed by atoms with Crippen LogP contribution in [0.1, 0.15) is 12.5 Å². The minimum absolute atomic E-state index is 0.0696. The molecule has 1 unspecified atom stereocenters. The first-order valence-electron chi connectivity index (χ1n) is 8.37. The third-order valence-corrected chi connectivity index (χ3v) is 4.21. The van der Waals surface area contributed by atoms with Crippen molar-refractivity contribution in [3.05, 3.63) is 52.0 Å². The summed E-state index contributed by atoms with van der Waals surface area (Å²) in [4.78, 5) is 12.5. The Bertz CT molecular complexity index is 862. The lowest BCUT2D eigenvalue weighted by atomic mass is 10.1. The van der Waals surface area contributed by atoms with Crippen LogP contribution in [-0.2, 0) is 15.7 Å². The third kappa shape index (κ3) is 6.69. The molecular weight excluding hydrogens is 434 g/mol. The van der Waals surface area contributed by atoms with Gasteiger partial charge in [0.15, 0.2) is 6.10 Å². The van der Waals surface area contributed by atoms with Crippen LogP contribution >= 0.6 is 23.2 Å². The van der Waals surface area contributed by atoms with Gasteiger partial charge in [0.25, 0.3) is 5.91 Å². The van der Waals surface area contributed by atoms with Gasteiger partial charge < -0.3 is 19.5 Å². The third-order valence-electron chi connectivity index (χ3n) is 3.68. The second-order valence-corrected chi connectivity index (χ2v) is 6.72. The molecule has 0 aliphatic heterocycles. The first-order valence-corrected chi connectivity index (χ1v) is 9.13. The molecule has 0 aliphatic carbocycles. The molecule has 2 rings (SSSR count). The van der Waals surface area contributed by atoms with Crippen molar-refractivity contribution in [3.63, 3.8) is 0 Å². The van der Waals surface area contributed by atoms with Crippen LogP contribution in [0, 0.1) is 0 Å². The van der Waals surface area contributed by atoms with Crippen molar-refractivity contribution in [2.75, 3.05) is 25.6 Å². The summed E-state index contributed by atoms with van der Waals surface area (Å²) in [7, 11) is 1.46. The summed E-state index contributed by atoms with van der Waals surface area (Å²) in [5.74, 6) is -0.411. The summed E-state index contributed by atoms with van der Waals surface area (Å²) in [5.41, 5.74) is -1.07. The van der Waals surface area contributed by atoms with E-state index in [0.717, 1.165) is 18.2 Å². The Morgan fingerprint density at radius 1 is 1.10 bits per heavy atom. The van der Waals surface area contributed by atoms with Crippen LogP contribution in [0.2, 0.25) is 10.0 Å². The molecule has 0 radical (unpaired) electrons. The molecule has 1 atom stereocenters. The van der Waals surface area contributed by atoms with Crippen molar-refractivity contribution in [3.8, 4) is 11.5 Å². The van der Waals surface area contributed by atoms with Crippen molar-refractivity contribution in [2.24, 2.45) is 0 Å². The van der Waals surface area contributed by atoms with Crippen molar-refractivity contribution in [2.45, 2.75) is 19.2 Å². The Kier molecular flexibility index (Phi) is 8.01. The van der Waals surface area contributed by atoms with Crippen molar-refractivity contribution < 1.29 is 32.2 Å². The Balaban J connectivity index is 2.19. The average molecular weight is 452 g/mol. The van der Waals surface area contributed by atoms with E-state index in [4.69, 9.17) is 37.4 Å². The molecule has 2 aromatic carbocycles. The number of ether oxygens (including phenoxy) is 3. The molecule has 0 aromatic heterocycles. The lowest BCUT2D eigenvalue weighted by Gasteiger charge is -2.18. The second kappa shape index (κ2) is 10.0. The van der Waals surface area contributed by atoms with E-state index in [9.17, 15) is 18.0 Å². The molecule has 0 bridgehead atoms. The molecule has 158 valence electrons. The highest BCUT2D eigenvalue weighted by Gasteiger charge is 2.31. The standard InChI is InChI=1S/C19H18Cl2F3NO4/c1-11(29-16-6-4-13(20)10-14(16)21)18(26)25-15-9-12(19(22,23)24)3-5-17(15)28-8-7-27-2/h3-6,9-11H,7-8H2,1-2H3,(H,25,26).